The van der Waals surface area contributed by atoms with E-state index >= 15 is 0 Å². The lowest BCUT2D eigenvalue weighted by molar-refractivity contribution is 0.874. The fourth-order valence-corrected chi connectivity index (χ4v) is 1.40. The van der Waals surface area contributed by atoms with Crippen LogP contribution >= 0.6 is 0 Å². The fourth-order valence-electron chi connectivity index (χ4n) is 1.40. The smallest absolute Gasteiger partial charge is 0.0605 e. The molecule has 0 amide bonds. The Hall–Kier alpha value is -1.58. The molecule has 0 spiro atoms. The SMILES string of the molecule is CC(C)c1c(N)c(N)cc(N)c1N. The third-order valence-electron chi connectivity index (χ3n) is 2.09. The van der Waals surface area contributed by atoms with Crippen molar-refractivity contribution in [1.82, 2.24) is 0 Å². The van der Waals surface area contributed by atoms with Crippen LogP contribution < -0.4 is 22.9 Å². The lowest BCUT2D eigenvalue weighted by atomic mass is 9.97. The summed E-state index contributed by atoms with van der Waals surface area (Å²) in [4.78, 5) is 0. The number of anilines is 4. The molecule has 1 aromatic rings. The predicted octanol–water partition coefficient (Wildman–Crippen LogP) is 1.14. The van der Waals surface area contributed by atoms with Gasteiger partial charge in [0, 0.05) is 5.56 Å². The van der Waals surface area contributed by atoms with Gasteiger partial charge in [-0.1, -0.05) is 13.8 Å². The summed E-state index contributed by atoms with van der Waals surface area (Å²) in [5.74, 6) is 0.228. The van der Waals surface area contributed by atoms with Crippen LogP contribution in [-0.2, 0) is 0 Å². The minimum absolute atomic E-state index is 0.228. The average Bonchev–Trinajstić information content (AvgIpc) is 2.01. The second-order valence-corrected chi connectivity index (χ2v) is 3.45. The fraction of sp³-hybridized carbons (Fsp3) is 0.333. The molecule has 72 valence electrons. The van der Waals surface area contributed by atoms with Gasteiger partial charge in [0.2, 0.25) is 0 Å². The van der Waals surface area contributed by atoms with Crippen LogP contribution in [-0.4, -0.2) is 0 Å². The third kappa shape index (κ3) is 1.47. The molecule has 13 heavy (non-hydrogen) atoms. The van der Waals surface area contributed by atoms with Crippen LogP contribution in [0.2, 0.25) is 0 Å². The van der Waals surface area contributed by atoms with Crippen LogP contribution in [0.5, 0.6) is 0 Å². The van der Waals surface area contributed by atoms with Gasteiger partial charge in [-0.2, -0.15) is 0 Å². The summed E-state index contributed by atoms with van der Waals surface area (Å²) in [6.07, 6.45) is 0. The molecule has 0 aliphatic carbocycles. The van der Waals surface area contributed by atoms with Gasteiger partial charge in [-0.15, -0.1) is 0 Å². The number of benzene rings is 1. The molecular formula is C9H16N4. The van der Waals surface area contributed by atoms with Crippen LogP contribution in [0.1, 0.15) is 25.3 Å². The molecule has 0 fully saturated rings. The second-order valence-electron chi connectivity index (χ2n) is 3.45. The summed E-state index contributed by atoms with van der Waals surface area (Å²) in [7, 11) is 0. The molecule has 0 aliphatic rings. The zero-order valence-corrected chi connectivity index (χ0v) is 7.96. The topological polar surface area (TPSA) is 104 Å². The summed E-state index contributed by atoms with van der Waals surface area (Å²) in [6, 6.07) is 1.59. The minimum atomic E-state index is 0.228. The number of nitrogens with two attached hydrogens (primary N) is 4. The van der Waals surface area contributed by atoms with Crippen LogP contribution in [0.3, 0.4) is 0 Å². The Balaban J connectivity index is 3.46. The van der Waals surface area contributed by atoms with Crippen molar-refractivity contribution >= 4 is 22.7 Å². The highest BCUT2D eigenvalue weighted by atomic mass is 14.7. The van der Waals surface area contributed by atoms with Crippen molar-refractivity contribution < 1.29 is 0 Å². The van der Waals surface area contributed by atoms with E-state index in [1.165, 1.54) is 0 Å². The van der Waals surface area contributed by atoms with E-state index in [-0.39, 0.29) is 5.92 Å². The number of nitrogen functional groups attached to an aromatic ring is 4. The van der Waals surface area contributed by atoms with E-state index in [1.54, 1.807) is 6.07 Å². The standard InChI is InChI=1S/C9H16N4/c1-4(2)7-8(12)5(10)3-6(11)9(7)13/h3-4H,10-13H2,1-2H3. The van der Waals surface area contributed by atoms with Crippen molar-refractivity contribution in [1.29, 1.82) is 0 Å². The first-order chi connectivity index (χ1) is 5.95. The van der Waals surface area contributed by atoms with E-state index in [9.17, 15) is 0 Å². The molecule has 4 heteroatoms. The third-order valence-corrected chi connectivity index (χ3v) is 2.09. The van der Waals surface area contributed by atoms with E-state index in [1.807, 2.05) is 13.8 Å². The van der Waals surface area contributed by atoms with Gasteiger partial charge in [-0.3, -0.25) is 0 Å². The Morgan fingerprint density at radius 3 is 1.62 bits per heavy atom. The van der Waals surface area contributed by atoms with Gasteiger partial charge in [0.05, 0.1) is 22.7 Å². The Kier molecular flexibility index (Phi) is 2.23. The highest BCUT2D eigenvalue weighted by Gasteiger charge is 2.13. The monoisotopic (exact) mass is 180 g/mol. The van der Waals surface area contributed by atoms with Crippen LogP contribution in [0, 0.1) is 0 Å². The zero-order valence-electron chi connectivity index (χ0n) is 7.96. The van der Waals surface area contributed by atoms with Gasteiger partial charge in [0.25, 0.3) is 0 Å². The molecule has 8 N–H and O–H groups in total. The van der Waals surface area contributed by atoms with Gasteiger partial charge >= 0.3 is 0 Å². The van der Waals surface area contributed by atoms with Crippen molar-refractivity contribution in [2.75, 3.05) is 22.9 Å². The molecule has 4 nitrogen and oxygen atoms in total. The minimum Gasteiger partial charge on any atom is -0.397 e. The number of hydrogen-bond acceptors (Lipinski definition) is 4. The normalized spacial score (nSPS) is 10.7. The molecule has 0 heterocycles. The average molecular weight is 180 g/mol. The first-order valence-corrected chi connectivity index (χ1v) is 4.18. The Bertz CT molecular complexity index is 305. The molecule has 0 aliphatic heterocycles. The molecular weight excluding hydrogens is 164 g/mol. The summed E-state index contributed by atoms with van der Waals surface area (Å²) >= 11 is 0. The first kappa shape index (κ1) is 9.51. The van der Waals surface area contributed by atoms with Gasteiger partial charge in [0.15, 0.2) is 0 Å². The summed E-state index contributed by atoms with van der Waals surface area (Å²) in [6.45, 7) is 4.00. The Morgan fingerprint density at radius 1 is 0.923 bits per heavy atom. The molecule has 0 aromatic heterocycles. The van der Waals surface area contributed by atoms with Crippen molar-refractivity contribution in [3.8, 4) is 0 Å². The molecule has 1 aromatic carbocycles. The Labute approximate surface area is 77.9 Å². The van der Waals surface area contributed by atoms with E-state index < -0.39 is 0 Å². The van der Waals surface area contributed by atoms with Crippen molar-refractivity contribution in [3.63, 3.8) is 0 Å². The zero-order chi connectivity index (χ0) is 10.2. The largest absolute Gasteiger partial charge is 0.397 e. The molecule has 0 radical (unpaired) electrons. The maximum atomic E-state index is 5.79. The number of hydrogen-bond donors (Lipinski definition) is 4. The summed E-state index contributed by atoms with van der Waals surface area (Å²) in [5.41, 5.74) is 25.8. The van der Waals surface area contributed by atoms with E-state index in [4.69, 9.17) is 22.9 Å². The first-order valence-electron chi connectivity index (χ1n) is 4.18. The molecule has 0 saturated heterocycles. The maximum absolute atomic E-state index is 5.79. The van der Waals surface area contributed by atoms with Crippen LogP contribution in [0.15, 0.2) is 6.07 Å². The van der Waals surface area contributed by atoms with Crippen molar-refractivity contribution in [2.45, 2.75) is 19.8 Å². The summed E-state index contributed by atoms with van der Waals surface area (Å²) < 4.78 is 0. The van der Waals surface area contributed by atoms with E-state index in [0.717, 1.165) is 5.56 Å². The van der Waals surface area contributed by atoms with Gasteiger partial charge in [0.1, 0.15) is 0 Å². The molecule has 0 atom stereocenters. The van der Waals surface area contributed by atoms with E-state index in [2.05, 4.69) is 0 Å². The molecule has 0 saturated carbocycles. The Morgan fingerprint density at radius 2 is 1.31 bits per heavy atom. The van der Waals surface area contributed by atoms with Crippen LogP contribution in [0.25, 0.3) is 0 Å². The highest BCUT2D eigenvalue weighted by molar-refractivity contribution is 5.84. The summed E-state index contributed by atoms with van der Waals surface area (Å²) in [5, 5.41) is 0. The van der Waals surface area contributed by atoms with Gasteiger partial charge in [-0.05, 0) is 12.0 Å². The second kappa shape index (κ2) is 3.05. The van der Waals surface area contributed by atoms with Gasteiger partial charge < -0.3 is 22.9 Å². The van der Waals surface area contributed by atoms with Crippen molar-refractivity contribution in [2.24, 2.45) is 0 Å². The predicted molar refractivity (Wildman–Crippen MR) is 58.2 cm³/mol. The lowest BCUT2D eigenvalue weighted by Gasteiger charge is -2.16. The molecule has 0 bridgehead atoms. The molecule has 0 unspecified atom stereocenters. The lowest BCUT2D eigenvalue weighted by Crippen LogP contribution is -2.08. The molecule has 1 rings (SSSR count). The van der Waals surface area contributed by atoms with Crippen molar-refractivity contribution in [3.05, 3.63) is 11.6 Å². The maximum Gasteiger partial charge on any atom is 0.0605 e. The number of rotatable bonds is 1. The van der Waals surface area contributed by atoms with E-state index in [0.29, 0.717) is 22.7 Å². The van der Waals surface area contributed by atoms with Gasteiger partial charge in [-0.25, -0.2) is 0 Å². The quantitative estimate of drug-likeness (QED) is 0.486. The van der Waals surface area contributed by atoms with Crippen LogP contribution in [0.4, 0.5) is 22.7 Å². The highest BCUT2D eigenvalue weighted by Crippen LogP contribution is 2.36.